The third kappa shape index (κ3) is 9.16. The summed E-state index contributed by atoms with van der Waals surface area (Å²) in [5.41, 5.74) is 0. The molecule has 1 radical (unpaired) electrons. The molecule has 6 heavy (non-hydrogen) atoms. The molecule has 0 spiro atoms. The van der Waals surface area contributed by atoms with Crippen molar-refractivity contribution in [1.82, 2.24) is 0 Å². The van der Waals surface area contributed by atoms with E-state index in [2.05, 4.69) is 13.8 Å². The van der Waals surface area contributed by atoms with Crippen LogP contribution in [0.2, 0.25) is 0 Å². The summed E-state index contributed by atoms with van der Waals surface area (Å²) in [6.07, 6.45) is 4.08. The molecule has 0 saturated carbocycles. The maximum absolute atomic E-state index is 2.21. The molecule has 0 heterocycles. The summed E-state index contributed by atoms with van der Waals surface area (Å²) in [6.45, 7) is 4.42. The molecule has 0 saturated heterocycles. The Kier molecular flexibility index (Phi) is 17.3. The summed E-state index contributed by atoms with van der Waals surface area (Å²) in [7, 11) is 0. The number of hydrogen-bond donors (Lipinski definition) is 0. The second-order valence-electron chi connectivity index (χ2n) is 1.35. The predicted octanol–water partition coefficient (Wildman–Crippen LogP) is 1.82. The third-order valence-electron chi connectivity index (χ3n) is 0.707. The van der Waals surface area contributed by atoms with E-state index < -0.39 is 0 Å². The largest absolute Gasteiger partial charge is 0.0654 e. The van der Waals surface area contributed by atoms with E-state index >= 15 is 0 Å². The smallest absolute Gasteiger partial charge is 0 e. The Hall–Kier alpha value is 1.64. The Morgan fingerprint density at radius 1 is 1.00 bits per heavy atom. The first-order valence-electron chi connectivity index (χ1n) is 2.41. The Bertz CT molecular complexity index is 11.4. The van der Waals surface area contributed by atoms with Gasteiger partial charge in [0.25, 0.3) is 0 Å². The Labute approximate surface area is 83.1 Å². The van der Waals surface area contributed by atoms with E-state index in [1.54, 1.807) is 0 Å². The van der Waals surface area contributed by atoms with Crippen LogP contribution < -0.4 is 0 Å². The van der Waals surface area contributed by atoms with Gasteiger partial charge in [0.05, 0.1) is 0 Å². The van der Waals surface area contributed by atoms with Crippen molar-refractivity contribution >= 4 is 51.4 Å². The Balaban J connectivity index is 0. The van der Waals surface area contributed by atoms with Crippen LogP contribution in [0.3, 0.4) is 0 Å². The molecule has 0 fully saturated rings. The number of rotatable bonds is 2. The van der Waals surface area contributed by atoms with Gasteiger partial charge in [-0.3, -0.25) is 0 Å². The van der Waals surface area contributed by atoms with Crippen LogP contribution in [-0.2, 0) is 0 Å². The van der Waals surface area contributed by atoms with Gasteiger partial charge in [0, 0.05) is 51.4 Å². The van der Waals surface area contributed by atoms with Gasteiger partial charge in [-0.2, -0.15) is 0 Å². The van der Waals surface area contributed by atoms with Gasteiger partial charge < -0.3 is 0 Å². The minimum atomic E-state index is 0. The van der Waals surface area contributed by atoms with Crippen LogP contribution in [0.1, 0.15) is 33.1 Å². The van der Waals surface area contributed by atoms with Crippen molar-refractivity contribution in [2.75, 3.05) is 0 Å². The Morgan fingerprint density at radius 3 is 1.33 bits per heavy atom. The van der Waals surface area contributed by atoms with Gasteiger partial charge in [-0.05, 0) is 0 Å². The Morgan fingerprint density at radius 2 is 1.33 bits per heavy atom. The summed E-state index contributed by atoms with van der Waals surface area (Å²) in [4.78, 5) is 0. The second kappa shape index (κ2) is 9.81. The zero-order chi connectivity index (χ0) is 4.12. The van der Waals surface area contributed by atoms with E-state index in [1.807, 2.05) is 0 Å². The van der Waals surface area contributed by atoms with Crippen LogP contribution in [0.25, 0.3) is 0 Å². The van der Waals surface area contributed by atoms with Gasteiger partial charge >= 0.3 is 0 Å². The average molecular weight is 111 g/mol. The quantitative estimate of drug-likeness (QED) is 0.477. The third-order valence-corrected chi connectivity index (χ3v) is 0.707. The van der Waals surface area contributed by atoms with Crippen molar-refractivity contribution in [3.63, 3.8) is 0 Å². The molecule has 0 rings (SSSR count). The van der Waals surface area contributed by atoms with Crippen LogP contribution >= 0.6 is 0 Å². The van der Waals surface area contributed by atoms with Gasteiger partial charge in [-0.25, -0.2) is 0 Å². The number of hydrogen-bond acceptors (Lipinski definition) is 0. The fraction of sp³-hybridized carbons (Fsp3) is 1.00. The molecule has 0 aromatic carbocycles. The summed E-state index contributed by atoms with van der Waals surface area (Å²) in [5.74, 6) is 0. The zero-order valence-corrected chi connectivity index (χ0v) is 8.24. The molecular formula is C5H12K. The summed E-state index contributed by atoms with van der Waals surface area (Å²) in [6, 6.07) is 0. The molecule has 0 unspecified atom stereocenters. The SMILES string of the molecule is CCCCC.[K]. The average Bonchev–Trinajstić information content (AvgIpc) is 1.41. The van der Waals surface area contributed by atoms with E-state index in [1.165, 1.54) is 19.3 Å². The van der Waals surface area contributed by atoms with E-state index in [-0.39, 0.29) is 51.4 Å². The minimum absolute atomic E-state index is 0. The molecule has 33 valence electrons. The maximum Gasteiger partial charge on any atom is 0 e. The van der Waals surface area contributed by atoms with E-state index in [9.17, 15) is 0 Å². The molecule has 0 nitrogen and oxygen atoms in total. The first-order valence-corrected chi connectivity index (χ1v) is 2.41. The first-order chi connectivity index (χ1) is 2.41. The molecule has 0 aliphatic carbocycles. The molecule has 0 aromatic rings. The molecule has 1 heteroatoms. The monoisotopic (exact) mass is 111 g/mol. The van der Waals surface area contributed by atoms with Crippen molar-refractivity contribution in [2.24, 2.45) is 0 Å². The predicted molar refractivity (Wildman–Crippen MR) is 31.0 cm³/mol. The van der Waals surface area contributed by atoms with Crippen molar-refractivity contribution < 1.29 is 0 Å². The molecular weight excluding hydrogens is 99.2 g/mol. The van der Waals surface area contributed by atoms with Crippen molar-refractivity contribution in [1.29, 1.82) is 0 Å². The summed E-state index contributed by atoms with van der Waals surface area (Å²) in [5, 5.41) is 0. The van der Waals surface area contributed by atoms with Gasteiger partial charge in [-0.15, -0.1) is 0 Å². The van der Waals surface area contributed by atoms with Crippen LogP contribution in [0.15, 0.2) is 0 Å². The maximum atomic E-state index is 2.21. The van der Waals surface area contributed by atoms with E-state index in [0.29, 0.717) is 0 Å². The zero-order valence-electron chi connectivity index (χ0n) is 5.12. The van der Waals surface area contributed by atoms with Gasteiger partial charge in [0.2, 0.25) is 0 Å². The molecule has 0 N–H and O–H groups in total. The fourth-order valence-electron chi connectivity index (χ4n) is 0.354. The fourth-order valence-corrected chi connectivity index (χ4v) is 0.354. The van der Waals surface area contributed by atoms with Gasteiger partial charge in [0.15, 0.2) is 0 Å². The molecule has 0 bridgehead atoms. The van der Waals surface area contributed by atoms with Crippen molar-refractivity contribution in [3.8, 4) is 0 Å². The van der Waals surface area contributed by atoms with Crippen molar-refractivity contribution in [3.05, 3.63) is 0 Å². The summed E-state index contributed by atoms with van der Waals surface area (Å²) < 4.78 is 0. The normalized spacial score (nSPS) is 7.00. The minimum Gasteiger partial charge on any atom is -0.0654 e. The van der Waals surface area contributed by atoms with Gasteiger partial charge in [0.1, 0.15) is 0 Å². The molecule has 0 aliphatic rings. The van der Waals surface area contributed by atoms with Crippen LogP contribution in [-0.4, -0.2) is 51.4 Å². The number of unbranched alkanes of at least 4 members (excludes halogenated alkanes) is 2. The van der Waals surface area contributed by atoms with E-state index in [0.717, 1.165) is 0 Å². The second-order valence-corrected chi connectivity index (χ2v) is 1.35. The van der Waals surface area contributed by atoms with Crippen LogP contribution in [0.4, 0.5) is 0 Å². The standard InChI is InChI=1S/C5H12.K/c1-3-5-4-2;/h3-5H2,1-2H3;. The first kappa shape index (κ1) is 10.6. The van der Waals surface area contributed by atoms with Crippen molar-refractivity contribution in [2.45, 2.75) is 33.1 Å². The molecule has 0 aliphatic heterocycles. The summed E-state index contributed by atoms with van der Waals surface area (Å²) >= 11 is 0. The topological polar surface area (TPSA) is 0 Å². The van der Waals surface area contributed by atoms with Gasteiger partial charge in [-0.1, -0.05) is 33.1 Å². The molecule has 0 aromatic heterocycles. The van der Waals surface area contributed by atoms with Crippen LogP contribution in [0, 0.1) is 0 Å². The van der Waals surface area contributed by atoms with Crippen LogP contribution in [0.5, 0.6) is 0 Å². The molecule has 0 atom stereocenters. The van der Waals surface area contributed by atoms with E-state index in [4.69, 9.17) is 0 Å². The molecule has 0 amide bonds.